The van der Waals surface area contributed by atoms with Crippen molar-refractivity contribution >= 4 is 0 Å². The van der Waals surface area contributed by atoms with Gasteiger partial charge in [0.2, 0.25) is 0 Å². The smallest absolute Gasteiger partial charge is 0.119 e. The van der Waals surface area contributed by atoms with Gasteiger partial charge >= 0.3 is 0 Å². The number of rotatable bonds is 11. The molecule has 0 spiro atoms. The van der Waals surface area contributed by atoms with Gasteiger partial charge in [-0.1, -0.05) is 26.0 Å². The summed E-state index contributed by atoms with van der Waals surface area (Å²) in [6, 6.07) is 7.62. The van der Waals surface area contributed by atoms with Crippen LogP contribution in [0, 0.1) is 5.92 Å². The maximum Gasteiger partial charge on any atom is 0.119 e. The molecule has 1 aromatic carbocycles. The fourth-order valence-corrected chi connectivity index (χ4v) is 2.14. The minimum atomic E-state index is -0.608. The Bertz CT molecular complexity index is 445. The molecule has 2 rings (SSSR count). The maximum atomic E-state index is 10.1. The predicted octanol–water partition coefficient (Wildman–Crippen LogP) is 1.88. The van der Waals surface area contributed by atoms with Crippen LogP contribution in [0.2, 0.25) is 0 Å². The van der Waals surface area contributed by atoms with E-state index in [1.807, 2.05) is 38.1 Å². The number of benzene rings is 1. The Labute approximate surface area is 138 Å². The van der Waals surface area contributed by atoms with Crippen molar-refractivity contribution in [2.24, 2.45) is 5.92 Å². The molecule has 0 unspecified atom stereocenters. The third kappa shape index (κ3) is 7.31. The summed E-state index contributed by atoms with van der Waals surface area (Å²) >= 11 is 0. The fraction of sp³-hybridized carbons (Fsp3) is 0.667. The van der Waals surface area contributed by atoms with Crippen molar-refractivity contribution < 1.29 is 19.7 Å². The Hall–Kier alpha value is -1.14. The molecule has 0 amide bonds. The highest BCUT2D eigenvalue weighted by atomic mass is 16.5. The van der Waals surface area contributed by atoms with Crippen LogP contribution in [0.1, 0.15) is 38.4 Å². The van der Waals surface area contributed by atoms with E-state index in [-0.39, 0.29) is 6.61 Å². The van der Waals surface area contributed by atoms with Gasteiger partial charge in [0.15, 0.2) is 0 Å². The summed E-state index contributed by atoms with van der Waals surface area (Å²) in [4.78, 5) is 0. The first kappa shape index (κ1) is 18.2. The first-order valence-electron chi connectivity index (χ1n) is 8.44. The third-order valence-electron chi connectivity index (χ3n) is 3.80. The average molecular weight is 323 g/mol. The molecule has 5 heteroatoms. The van der Waals surface area contributed by atoms with E-state index in [1.165, 1.54) is 12.8 Å². The Morgan fingerprint density at radius 3 is 2.43 bits per heavy atom. The second-order valence-corrected chi connectivity index (χ2v) is 6.59. The van der Waals surface area contributed by atoms with Gasteiger partial charge < -0.3 is 25.0 Å². The van der Waals surface area contributed by atoms with E-state index in [2.05, 4.69) is 5.32 Å². The third-order valence-corrected chi connectivity index (χ3v) is 3.80. The Kier molecular flexibility index (Phi) is 7.30. The van der Waals surface area contributed by atoms with Gasteiger partial charge in [0, 0.05) is 19.2 Å². The van der Waals surface area contributed by atoms with Crippen LogP contribution in [-0.4, -0.2) is 48.7 Å². The van der Waals surface area contributed by atoms with Crippen LogP contribution in [0.5, 0.6) is 5.75 Å². The van der Waals surface area contributed by atoms with Crippen molar-refractivity contribution in [1.29, 1.82) is 0 Å². The van der Waals surface area contributed by atoms with E-state index in [0.29, 0.717) is 30.9 Å². The number of hydrogen-bond acceptors (Lipinski definition) is 5. The number of hydrogen-bond donors (Lipinski definition) is 3. The van der Waals surface area contributed by atoms with Crippen LogP contribution in [0.4, 0.5) is 0 Å². The largest absolute Gasteiger partial charge is 0.491 e. The summed E-state index contributed by atoms with van der Waals surface area (Å²) in [6.45, 7) is 5.90. The summed E-state index contributed by atoms with van der Waals surface area (Å²) in [7, 11) is 0. The molecule has 5 nitrogen and oxygen atoms in total. The van der Waals surface area contributed by atoms with Crippen LogP contribution >= 0.6 is 0 Å². The van der Waals surface area contributed by atoms with E-state index in [9.17, 15) is 10.2 Å². The van der Waals surface area contributed by atoms with Gasteiger partial charge in [-0.25, -0.2) is 0 Å². The summed E-state index contributed by atoms with van der Waals surface area (Å²) in [5.74, 6) is 1.39. The number of nitrogens with one attached hydrogen (secondary N) is 1. The van der Waals surface area contributed by atoms with Gasteiger partial charge in [0.05, 0.1) is 6.61 Å². The quantitative estimate of drug-likeness (QED) is 0.580. The first-order valence-corrected chi connectivity index (χ1v) is 8.44. The standard InChI is InChI=1S/C18H29NO4/c1-13(2)19-9-16(20)11-23-17-7-5-15(6-8-17)18(21)12-22-10-14-3-4-14/h5-8,13-14,16,18-21H,3-4,9-12H2,1-2H3/t16-,18+/m1/s1. The summed E-state index contributed by atoms with van der Waals surface area (Å²) in [5, 5.41) is 23.0. The van der Waals surface area contributed by atoms with E-state index in [4.69, 9.17) is 9.47 Å². The maximum absolute atomic E-state index is 10.1. The molecular formula is C18H29NO4. The minimum Gasteiger partial charge on any atom is -0.491 e. The second kappa shape index (κ2) is 9.23. The highest BCUT2D eigenvalue weighted by Crippen LogP contribution is 2.29. The normalized spacial score (nSPS) is 17.3. The Morgan fingerprint density at radius 1 is 1.13 bits per heavy atom. The van der Waals surface area contributed by atoms with Gasteiger partial charge in [-0.15, -0.1) is 0 Å². The molecule has 130 valence electrons. The summed E-state index contributed by atoms with van der Waals surface area (Å²) in [6.07, 6.45) is 1.35. The van der Waals surface area contributed by atoms with Crippen LogP contribution in [0.25, 0.3) is 0 Å². The van der Waals surface area contributed by atoms with Crippen molar-refractivity contribution in [1.82, 2.24) is 5.32 Å². The van der Waals surface area contributed by atoms with Crippen molar-refractivity contribution in [2.75, 3.05) is 26.4 Å². The van der Waals surface area contributed by atoms with Gasteiger partial charge in [-0.3, -0.25) is 0 Å². The zero-order valence-electron chi connectivity index (χ0n) is 14.1. The molecule has 2 atom stereocenters. The lowest BCUT2D eigenvalue weighted by Gasteiger charge is -2.16. The molecule has 0 saturated heterocycles. The predicted molar refractivity (Wildman–Crippen MR) is 89.6 cm³/mol. The molecule has 3 N–H and O–H groups in total. The molecule has 1 fully saturated rings. The fourth-order valence-electron chi connectivity index (χ4n) is 2.14. The SMILES string of the molecule is CC(C)NC[C@@H](O)COc1ccc([C@@H](O)COCC2CC2)cc1. The molecule has 0 aromatic heterocycles. The monoisotopic (exact) mass is 323 g/mol. The first-order chi connectivity index (χ1) is 11.0. The van der Waals surface area contributed by atoms with Gasteiger partial charge in [-0.05, 0) is 36.5 Å². The average Bonchev–Trinajstić information content (AvgIpc) is 3.35. The second-order valence-electron chi connectivity index (χ2n) is 6.59. The molecule has 1 aliphatic carbocycles. The van der Waals surface area contributed by atoms with Crippen molar-refractivity contribution in [2.45, 2.75) is 44.9 Å². The molecular weight excluding hydrogens is 294 g/mol. The lowest BCUT2D eigenvalue weighted by Crippen LogP contribution is -2.35. The van der Waals surface area contributed by atoms with E-state index in [1.54, 1.807) is 0 Å². The van der Waals surface area contributed by atoms with Crippen molar-refractivity contribution in [3.8, 4) is 5.75 Å². The number of aliphatic hydroxyl groups excluding tert-OH is 2. The Balaban J connectivity index is 1.68. The lowest BCUT2D eigenvalue weighted by molar-refractivity contribution is 0.0314. The zero-order valence-corrected chi connectivity index (χ0v) is 14.1. The molecule has 0 bridgehead atoms. The van der Waals surface area contributed by atoms with E-state index in [0.717, 1.165) is 12.2 Å². The summed E-state index contributed by atoms with van der Waals surface area (Å²) < 4.78 is 11.1. The molecule has 0 aliphatic heterocycles. The van der Waals surface area contributed by atoms with E-state index < -0.39 is 12.2 Å². The summed E-state index contributed by atoms with van der Waals surface area (Å²) in [5.41, 5.74) is 0.815. The number of ether oxygens (including phenoxy) is 2. The van der Waals surface area contributed by atoms with Crippen LogP contribution in [0.3, 0.4) is 0 Å². The van der Waals surface area contributed by atoms with Crippen molar-refractivity contribution in [3.63, 3.8) is 0 Å². The van der Waals surface area contributed by atoms with Gasteiger partial charge in [0.1, 0.15) is 24.6 Å². The number of aliphatic hydroxyl groups is 2. The highest BCUT2D eigenvalue weighted by molar-refractivity contribution is 5.28. The zero-order chi connectivity index (χ0) is 16.7. The molecule has 0 heterocycles. The molecule has 1 aliphatic rings. The molecule has 1 aromatic rings. The highest BCUT2D eigenvalue weighted by Gasteiger charge is 2.21. The molecule has 1 saturated carbocycles. The topological polar surface area (TPSA) is 71.0 Å². The van der Waals surface area contributed by atoms with Crippen LogP contribution < -0.4 is 10.1 Å². The van der Waals surface area contributed by atoms with Gasteiger partial charge in [-0.2, -0.15) is 0 Å². The van der Waals surface area contributed by atoms with Crippen LogP contribution in [0.15, 0.2) is 24.3 Å². The Morgan fingerprint density at radius 2 is 1.83 bits per heavy atom. The van der Waals surface area contributed by atoms with Crippen molar-refractivity contribution in [3.05, 3.63) is 29.8 Å². The van der Waals surface area contributed by atoms with Gasteiger partial charge in [0.25, 0.3) is 0 Å². The molecule has 23 heavy (non-hydrogen) atoms. The van der Waals surface area contributed by atoms with Crippen LogP contribution in [-0.2, 0) is 4.74 Å². The molecule has 0 radical (unpaired) electrons. The lowest BCUT2D eigenvalue weighted by atomic mass is 10.1. The van der Waals surface area contributed by atoms with E-state index >= 15 is 0 Å². The minimum absolute atomic E-state index is 0.242.